The molecule has 1 N–H and O–H groups in total. The van der Waals surface area contributed by atoms with Crippen molar-refractivity contribution in [3.05, 3.63) is 35.9 Å². The van der Waals surface area contributed by atoms with E-state index in [1.165, 1.54) is 7.11 Å². The SMILES string of the molecule is CC[C@@](CO)(C(=O)OC)c1ccccc1. The third-order valence-electron chi connectivity index (χ3n) is 2.78. The van der Waals surface area contributed by atoms with Gasteiger partial charge in [0.05, 0.1) is 13.7 Å². The van der Waals surface area contributed by atoms with Crippen molar-refractivity contribution in [2.24, 2.45) is 0 Å². The van der Waals surface area contributed by atoms with E-state index in [-0.39, 0.29) is 6.61 Å². The topological polar surface area (TPSA) is 46.5 Å². The lowest BCUT2D eigenvalue weighted by Gasteiger charge is -2.27. The van der Waals surface area contributed by atoms with Gasteiger partial charge in [0.2, 0.25) is 0 Å². The molecule has 0 aliphatic rings. The molecule has 0 aliphatic carbocycles. The van der Waals surface area contributed by atoms with E-state index in [1.807, 2.05) is 37.3 Å². The fraction of sp³-hybridized carbons (Fsp3) is 0.417. The third kappa shape index (κ3) is 2.02. The second-order valence-electron chi connectivity index (χ2n) is 3.45. The van der Waals surface area contributed by atoms with Crippen LogP contribution in [-0.2, 0) is 14.9 Å². The molecule has 0 amide bonds. The predicted molar refractivity (Wildman–Crippen MR) is 57.5 cm³/mol. The number of carbonyl (C=O) groups excluding carboxylic acids is 1. The summed E-state index contributed by atoms with van der Waals surface area (Å²) in [6.07, 6.45) is 0.514. The lowest BCUT2D eigenvalue weighted by atomic mass is 9.79. The smallest absolute Gasteiger partial charge is 0.318 e. The van der Waals surface area contributed by atoms with Crippen LogP contribution in [0, 0.1) is 0 Å². The first-order chi connectivity index (χ1) is 7.21. The Kier molecular flexibility index (Phi) is 3.86. The normalized spacial score (nSPS) is 14.3. The average molecular weight is 208 g/mol. The Balaban J connectivity index is 3.17. The number of esters is 1. The van der Waals surface area contributed by atoms with E-state index in [4.69, 9.17) is 4.74 Å². The summed E-state index contributed by atoms with van der Waals surface area (Å²) >= 11 is 0. The van der Waals surface area contributed by atoms with Crippen LogP contribution >= 0.6 is 0 Å². The molecule has 1 aromatic carbocycles. The highest BCUT2D eigenvalue weighted by molar-refractivity contribution is 5.83. The molecule has 0 heterocycles. The molecule has 15 heavy (non-hydrogen) atoms. The van der Waals surface area contributed by atoms with Gasteiger partial charge in [-0.25, -0.2) is 0 Å². The summed E-state index contributed by atoms with van der Waals surface area (Å²) in [5.74, 6) is -0.390. The van der Waals surface area contributed by atoms with Gasteiger partial charge in [-0.05, 0) is 12.0 Å². The Labute approximate surface area is 89.7 Å². The van der Waals surface area contributed by atoms with Crippen LogP contribution in [0.3, 0.4) is 0 Å². The van der Waals surface area contributed by atoms with Crippen LogP contribution in [0.4, 0.5) is 0 Å². The first-order valence-electron chi connectivity index (χ1n) is 4.96. The second-order valence-corrected chi connectivity index (χ2v) is 3.45. The van der Waals surface area contributed by atoms with Crippen molar-refractivity contribution in [1.29, 1.82) is 0 Å². The molecule has 0 unspecified atom stereocenters. The van der Waals surface area contributed by atoms with E-state index < -0.39 is 11.4 Å². The minimum absolute atomic E-state index is 0.236. The number of rotatable bonds is 4. The van der Waals surface area contributed by atoms with E-state index >= 15 is 0 Å². The van der Waals surface area contributed by atoms with Crippen LogP contribution in [0.25, 0.3) is 0 Å². The Morgan fingerprint density at radius 1 is 1.40 bits per heavy atom. The van der Waals surface area contributed by atoms with Gasteiger partial charge < -0.3 is 9.84 Å². The van der Waals surface area contributed by atoms with Crippen LogP contribution in [0.1, 0.15) is 18.9 Å². The lowest BCUT2D eigenvalue weighted by molar-refractivity contribution is -0.149. The van der Waals surface area contributed by atoms with E-state index in [9.17, 15) is 9.90 Å². The molecule has 0 fully saturated rings. The molecular formula is C12H16O3. The Hall–Kier alpha value is -1.35. The zero-order valence-corrected chi connectivity index (χ0v) is 9.06. The molecule has 0 saturated heterocycles. The summed E-state index contributed by atoms with van der Waals surface area (Å²) in [6, 6.07) is 9.22. The Bertz CT molecular complexity index is 315. The first-order valence-corrected chi connectivity index (χ1v) is 4.96. The van der Waals surface area contributed by atoms with Gasteiger partial charge >= 0.3 is 5.97 Å². The van der Waals surface area contributed by atoms with Crippen molar-refractivity contribution >= 4 is 5.97 Å². The second kappa shape index (κ2) is 4.94. The van der Waals surface area contributed by atoms with Gasteiger partial charge in [-0.15, -0.1) is 0 Å². The molecule has 1 aromatic rings. The van der Waals surface area contributed by atoms with Gasteiger partial charge in [0, 0.05) is 0 Å². The van der Waals surface area contributed by atoms with Crippen LogP contribution in [-0.4, -0.2) is 24.8 Å². The maximum absolute atomic E-state index is 11.7. The van der Waals surface area contributed by atoms with Crippen molar-refractivity contribution in [3.63, 3.8) is 0 Å². The first kappa shape index (κ1) is 11.7. The fourth-order valence-corrected chi connectivity index (χ4v) is 1.69. The van der Waals surface area contributed by atoms with Crippen molar-refractivity contribution in [3.8, 4) is 0 Å². The summed E-state index contributed by atoms with van der Waals surface area (Å²) in [5, 5.41) is 9.43. The number of aliphatic hydroxyl groups is 1. The van der Waals surface area contributed by atoms with E-state index in [1.54, 1.807) is 0 Å². The summed E-state index contributed by atoms with van der Waals surface area (Å²) in [5.41, 5.74) is -0.127. The van der Waals surface area contributed by atoms with Crippen molar-refractivity contribution in [1.82, 2.24) is 0 Å². The molecule has 1 atom stereocenters. The molecule has 3 nitrogen and oxygen atoms in total. The van der Waals surface area contributed by atoms with Crippen LogP contribution in [0.15, 0.2) is 30.3 Å². The highest BCUT2D eigenvalue weighted by Crippen LogP contribution is 2.28. The van der Waals surface area contributed by atoms with Crippen LogP contribution in [0.5, 0.6) is 0 Å². The minimum atomic E-state index is -0.921. The van der Waals surface area contributed by atoms with Gasteiger partial charge in [-0.3, -0.25) is 4.79 Å². The highest BCUT2D eigenvalue weighted by atomic mass is 16.5. The molecule has 0 aromatic heterocycles. The van der Waals surface area contributed by atoms with E-state index in [0.29, 0.717) is 6.42 Å². The zero-order chi connectivity index (χ0) is 11.3. The fourth-order valence-electron chi connectivity index (χ4n) is 1.69. The number of benzene rings is 1. The van der Waals surface area contributed by atoms with Gasteiger partial charge in [0.15, 0.2) is 0 Å². The number of hydrogen-bond acceptors (Lipinski definition) is 3. The monoisotopic (exact) mass is 208 g/mol. The van der Waals surface area contributed by atoms with Crippen LogP contribution in [0.2, 0.25) is 0 Å². The van der Waals surface area contributed by atoms with Crippen LogP contribution < -0.4 is 0 Å². The van der Waals surface area contributed by atoms with Crippen molar-refractivity contribution in [2.75, 3.05) is 13.7 Å². The third-order valence-corrected chi connectivity index (χ3v) is 2.78. The van der Waals surface area contributed by atoms with Crippen molar-refractivity contribution in [2.45, 2.75) is 18.8 Å². The lowest BCUT2D eigenvalue weighted by Crippen LogP contribution is -2.40. The Morgan fingerprint density at radius 3 is 2.40 bits per heavy atom. The highest BCUT2D eigenvalue weighted by Gasteiger charge is 2.38. The maximum Gasteiger partial charge on any atom is 0.318 e. The number of ether oxygens (including phenoxy) is 1. The number of aliphatic hydroxyl groups excluding tert-OH is 1. The molecule has 0 radical (unpaired) electrons. The van der Waals surface area contributed by atoms with E-state index in [0.717, 1.165) is 5.56 Å². The van der Waals surface area contributed by atoms with Crippen molar-refractivity contribution < 1.29 is 14.6 Å². The largest absolute Gasteiger partial charge is 0.468 e. The maximum atomic E-state index is 11.7. The molecule has 3 heteroatoms. The summed E-state index contributed by atoms with van der Waals surface area (Å²) in [6.45, 7) is 1.63. The number of carbonyl (C=O) groups is 1. The predicted octanol–water partition coefficient (Wildman–Crippen LogP) is 1.50. The van der Waals surface area contributed by atoms with Gasteiger partial charge in [0.1, 0.15) is 5.41 Å². The molecule has 0 bridgehead atoms. The van der Waals surface area contributed by atoms with E-state index in [2.05, 4.69) is 0 Å². The molecule has 1 rings (SSSR count). The summed E-state index contributed by atoms with van der Waals surface area (Å²) < 4.78 is 4.75. The van der Waals surface area contributed by atoms with Gasteiger partial charge in [-0.1, -0.05) is 37.3 Å². The average Bonchev–Trinajstić information content (AvgIpc) is 2.32. The number of hydrogen-bond donors (Lipinski definition) is 1. The quantitative estimate of drug-likeness (QED) is 0.763. The van der Waals surface area contributed by atoms with Gasteiger partial charge in [-0.2, -0.15) is 0 Å². The van der Waals surface area contributed by atoms with Gasteiger partial charge in [0.25, 0.3) is 0 Å². The molecule has 0 aliphatic heterocycles. The molecule has 82 valence electrons. The summed E-state index contributed by atoms with van der Waals surface area (Å²) in [7, 11) is 1.34. The molecule has 0 saturated carbocycles. The Morgan fingerprint density at radius 2 is 2.00 bits per heavy atom. The standard InChI is InChI=1S/C12H16O3/c1-3-12(9-13,11(14)15-2)10-7-5-4-6-8-10/h4-8,13H,3,9H2,1-2H3/t12-/m0/s1. The molecular weight excluding hydrogens is 192 g/mol. The number of methoxy groups -OCH3 is 1. The summed E-state index contributed by atoms with van der Waals surface area (Å²) in [4.78, 5) is 11.7. The molecule has 0 spiro atoms. The minimum Gasteiger partial charge on any atom is -0.468 e. The zero-order valence-electron chi connectivity index (χ0n) is 9.06.